The van der Waals surface area contributed by atoms with Gasteiger partial charge in [0.1, 0.15) is 11.9 Å². The summed E-state index contributed by atoms with van der Waals surface area (Å²) in [5, 5.41) is 3.23. The predicted molar refractivity (Wildman–Crippen MR) is 83.8 cm³/mol. The second-order valence-electron chi connectivity index (χ2n) is 5.07. The first kappa shape index (κ1) is 13.5. The zero-order valence-electron chi connectivity index (χ0n) is 11.4. The summed E-state index contributed by atoms with van der Waals surface area (Å²) in [6.45, 7) is 6.87. The van der Waals surface area contributed by atoms with Gasteiger partial charge in [-0.15, -0.1) is 0 Å². The van der Waals surface area contributed by atoms with Crippen molar-refractivity contribution in [3.05, 3.63) is 42.7 Å². The topological polar surface area (TPSA) is 35.6 Å². The monoisotopic (exact) mass is 289 g/mol. The molecule has 0 bridgehead atoms. The highest BCUT2D eigenvalue weighted by Crippen LogP contribution is 2.23. The van der Waals surface area contributed by atoms with Crippen molar-refractivity contribution in [3.8, 4) is 0 Å². The van der Waals surface area contributed by atoms with Crippen LogP contribution in [0.4, 0.5) is 5.69 Å². The molecule has 1 atom stereocenters. The van der Waals surface area contributed by atoms with E-state index in [1.54, 1.807) is 4.90 Å². The highest BCUT2D eigenvalue weighted by Gasteiger charge is 2.36. The van der Waals surface area contributed by atoms with Crippen molar-refractivity contribution in [1.82, 2.24) is 10.2 Å². The predicted octanol–water partition coefficient (Wildman–Crippen LogP) is 1.51. The largest absolute Gasteiger partial charge is 0.359 e. The van der Waals surface area contributed by atoms with Crippen molar-refractivity contribution >= 4 is 23.4 Å². The van der Waals surface area contributed by atoms with Crippen molar-refractivity contribution in [2.45, 2.75) is 6.04 Å². The molecule has 5 heteroatoms. The normalized spacial score (nSPS) is 24.0. The van der Waals surface area contributed by atoms with Crippen molar-refractivity contribution in [1.29, 1.82) is 0 Å². The van der Waals surface area contributed by atoms with Crippen molar-refractivity contribution < 1.29 is 4.79 Å². The smallest absolute Gasteiger partial charge is 0.256 e. The van der Waals surface area contributed by atoms with E-state index in [1.807, 2.05) is 42.1 Å². The van der Waals surface area contributed by atoms with Crippen LogP contribution in [0.5, 0.6) is 0 Å². The first-order chi connectivity index (χ1) is 9.75. The maximum absolute atomic E-state index is 12.6. The van der Waals surface area contributed by atoms with Gasteiger partial charge in [0.05, 0.1) is 5.69 Å². The van der Waals surface area contributed by atoms with Crippen molar-refractivity contribution in [3.63, 3.8) is 0 Å². The first-order valence-electron chi connectivity index (χ1n) is 6.90. The number of thioether (sulfide) groups is 1. The molecule has 3 rings (SSSR count). The second kappa shape index (κ2) is 5.89. The van der Waals surface area contributed by atoms with Crippen LogP contribution in [0.3, 0.4) is 0 Å². The Labute approximate surface area is 123 Å². The molecule has 0 spiro atoms. The first-order valence-corrected chi connectivity index (χ1v) is 8.06. The van der Waals surface area contributed by atoms with Gasteiger partial charge in [0.15, 0.2) is 0 Å². The van der Waals surface area contributed by atoms with E-state index in [2.05, 4.69) is 16.8 Å². The van der Waals surface area contributed by atoms with Gasteiger partial charge in [0.2, 0.25) is 0 Å². The number of para-hydroxylation sites is 1. The van der Waals surface area contributed by atoms with E-state index in [-0.39, 0.29) is 11.9 Å². The van der Waals surface area contributed by atoms with E-state index in [0.717, 1.165) is 36.8 Å². The molecule has 0 radical (unpaired) electrons. The number of amides is 1. The lowest BCUT2D eigenvalue weighted by Gasteiger charge is -2.27. The molecule has 1 aromatic carbocycles. The Bertz CT molecular complexity index is 499. The van der Waals surface area contributed by atoms with E-state index in [9.17, 15) is 4.79 Å². The summed E-state index contributed by atoms with van der Waals surface area (Å²) in [4.78, 5) is 16.6. The number of nitrogens with zero attached hydrogens (tertiary/aromatic N) is 2. The fraction of sp³-hybridized carbons (Fsp3) is 0.400. The van der Waals surface area contributed by atoms with Crippen LogP contribution in [0.25, 0.3) is 0 Å². The van der Waals surface area contributed by atoms with Gasteiger partial charge in [-0.05, 0) is 12.1 Å². The molecule has 2 fully saturated rings. The molecule has 2 heterocycles. The number of carbonyl (C=O) groups is 1. The van der Waals surface area contributed by atoms with Crippen LogP contribution in [0, 0.1) is 0 Å². The fourth-order valence-corrected chi connectivity index (χ4v) is 3.62. The Balaban J connectivity index is 1.70. The molecule has 0 aromatic heterocycles. The van der Waals surface area contributed by atoms with Gasteiger partial charge in [-0.2, -0.15) is 11.8 Å². The molecule has 1 amide bonds. The van der Waals surface area contributed by atoms with Crippen LogP contribution in [0.2, 0.25) is 0 Å². The van der Waals surface area contributed by atoms with Gasteiger partial charge in [0, 0.05) is 31.1 Å². The number of nitrogens with one attached hydrogen (secondary N) is 1. The van der Waals surface area contributed by atoms with Crippen LogP contribution in [0.15, 0.2) is 42.7 Å². The molecule has 0 aliphatic carbocycles. The second-order valence-corrected chi connectivity index (χ2v) is 6.29. The van der Waals surface area contributed by atoms with Gasteiger partial charge in [-0.25, -0.2) is 0 Å². The number of carbonyl (C=O) groups excluding carboxylic acids is 1. The van der Waals surface area contributed by atoms with Gasteiger partial charge < -0.3 is 5.32 Å². The summed E-state index contributed by atoms with van der Waals surface area (Å²) in [7, 11) is 0. The van der Waals surface area contributed by atoms with E-state index in [1.165, 1.54) is 0 Å². The van der Waals surface area contributed by atoms with E-state index < -0.39 is 0 Å². The molecule has 0 saturated carbocycles. The van der Waals surface area contributed by atoms with E-state index >= 15 is 0 Å². The average molecular weight is 289 g/mol. The van der Waals surface area contributed by atoms with Crippen LogP contribution >= 0.6 is 11.8 Å². The van der Waals surface area contributed by atoms with Gasteiger partial charge >= 0.3 is 0 Å². The summed E-state index contributed by atoms with van der Waals surface area (Å²) in [6, 6.07) is 9.51. The maximum atomic E-state index is 12.6. The third-order valence-corrected chi connectivity index (χ3v) is 4.63. The van der Waals surface area contributed by atoms with E-state index in [4.69, 9.17) is 0 Å². The number of hydrogen-bond donors (Lipinski definition) is 1. The quantitative estimate of drug-likeness (QED) is 0.915. The minimum absolute atomic E-state index is 0.0967. The molecule has 2 aliphatic heterocycles. The zero-order chi connectivity index (χ0) is 13.9. The molecule has 1 aromatic rings. The molecular weight excluding hydrogens is 270 g/mol. The van der Waals surface area contributed by atoms with Crippen LogP contribution in [0.1, 0.15) is 0 Å². The summed E-state index contributed by atoms with van der Waals surface area (Å²) in [5.41, 5.74) is 0.881. The van der Waals surface area contributed by atoms with Crippen LogP contribution in [-0.2, 0) is 4.79 Å². The summed E-state index contributed by atoms with van der Waals surface area (Å²) >= 11 is 1.98. The lowest BCUT2D eigenvalue weighted by atomic mass is 10.2. The van der Waals surface area contributed by atoms with E-state index in [0.29, 0.717) is 5.82 Å². The van der Waals surface area contributed by atoms with Crippen LogP contribution in [-0.4, -0.2) is 48.0 Å². The molecule has 106 valence electrons. The number of benzene rings is 1. The number of anilines is 1. The Kier molecular flexibility index (Phi) is 3.98. The molecule has 20 heavy (non-hydrogen) atoms. The summed E-state index contributed by atoms with van der Waals surface area (Å²) < 4.78 is 0. The Morgan fingerprint density at radius 1 is 1.25 bits per heavy atom. The SMILES string of the molecule is C=C1NC(CN2CCSCC2)C(=O)N1c1ccccc1. The lowest BCUT2D eigenvalue weighted by molar-refractivity contribution is -0.118. The minimum atomic E-state index is -0.175. The number of rotatable bonds is 3. The highest BCUT2D eigenvalue weighted by molar-refractivity contribution is 7.99. The Morgan fingerprint density at radius 3 is 2.65 bits per heavy atom. The Hall–Kier alpha value is -1.46. The maximum Gasteiger partial charge on any atom is 0.256 e. The molecule has 4 nitrogen and oxygen atoms in total. The number of hydrogen-bond acceptors (Lipinski definition) is 4. The van der Waals surface area contributed by atoms with Gasteiger partial charge in [0.25, 0.3) is 5.91 Å². The van der Waals surface area contributed by atoms with Gasteiger partial charge in [-0.1, -0.05) is 24.8 Å². The Morgan fingerprint density at radius 2 is 1.95 bits per heavy atom. The van der Waals surface area contributed by atoms with Crippen LogP contribution < -0.4 is 10.2 Å². The molecule has 2 saturated heterocycles. The summed E-state index contributed by atoms with van der Waals surface area (Å²) in [6.07, 6.45) is 0. The molecule has 1 N–H and O–H groups in total. The lowest BCUT2D eigenvalue weighted by Crippen LogP contribution is -2.44. The zero-order valence-corrected chi connectivity index (χ0v) is 12.2. The highest BCUT2D eigenvalue weighted by atomic mass is 32.2. The molecule has 2 aliphatic rings. The molecule has 1 unspecified atom stereocenters. The average Bonchev–Trinajstić information content (AvgIpc) is 2.75. The summed E-state index contributed by atoms with van der Waals surface area (Å²) in [5.74, 6) is 3.09. The standard InChI is InChI=1S/C15H19N3OS/c1-12-16-14(11-17-7-9-20-10-8-17)15(19)18(12)13-5-3-2-4-6-13/h2-6,14,16H,1,7-11H2. The van der Waals surface area contributed by atoms with Gasteiger partial charge in [-0.3, -0.25) is 14.6 Å². The minimum Gasteiger partial charge on any atom is -0.359 e. The third kappa shape index (κ3) is 2.69. The molecular formula is C15H19N3OS. The van der Waals surface area contributed by atoms with Crippen molar-refractivity contribution in [2.24, 2.45) is 0 Å². The van der Waals surface area contributed by atoms with Crippen molar-refractivity contribution in [2.75, 3.05) is 36.0 Å². The third-order valence-electron chi connectivity index (χ3n) is 3.69. The fourth-order valence-electron chi connectivity index (χ4n) is 2.64.